The number of amides is 3. The lowest BCUT2D eigenvalue weighted by Crippen LogP contribution is -2.73. The molecule has 3 amide bonds. The van der Waals surface area contributed by atoms with E-state index in [4.69, 9.17) is 0 Å². The van der Waals surface area contributed by atoms with E-state index in [9.17, 15) is 19.8 Å². The number of likely N-dealkylation sites (tertiary alicyclic amines) is 1. The number of hydrogen-bond acceptors (Lipinski definition) is 5. The second-order valence-corrected chi connectivity index (χ2v) is 8.79. The van der Waals surface area contributed by atoms with E-state index in [1.165, 1.54) is 4.90 Å². The highest BCUT2D eigenvalue weighted by molar-refractivity contribution is 6.07. The van der Waals surface area contributed by atoms with Gasteiger partial charge in [0.05, 0.1) is 11.6 Å². The van der Waals surface area contributed by atoms with Gasteiger partial charge in [-0.1, -0.05) is 6.08 Å². The quantitative estimate of drug-likeness (QED) is 0.557. The van der Waals surface area contributed by atoms with E-state index in [0.29, 0.717) is 32.1 Å². The molecule has 2 saturated heterocycles. The summed E-state index contributed by atoms with van der Waals surface area (Å²) in [6.45, 7) is 0.786. The summed E-state index contributed by atoms with van der Waals surface area (Å²) in [5.74, 6) is -0.0645. The zero-order valence-corrected chi connectivity index (χ0v) is 15.7. The highest BCUT2D eigenvalue weighted by Gasteiger charge is 2.70. The van der Waals surface area contributed by atoms with Gasteiger partial charge in [0.1, 0.15) is 11.3 Å². The van der Waals surface area contributed by atoms with Crippen molar-refractivity contribution in [3.63, 3.8) is 0 Å². The number of rotatable bonds is 0. The Bertz CT molecular complexity index is 861. The van der Waals surface area contributed by atoms with Crippen LogP contribution in [-0.2, 0) is 4.79 Å². The molecule has 5 rings (SSSR count). The number of nitrogens with one attached hydrogen (secondary N) is 1. The van der Waals surface area contributed by atoms with Gasteiger partial charge >= 0.3 is 6.03 Å². The van der Waals surface area contributed by atoms with Crippen molar-refractivity contribution in [3.05, 3.63) is 35.1 Å². The normalized spacial score (nSPS) is 43.6. The van der Waals surface area contributed by atoms with Gasteiger partial charge in [-0.15, -0.1) is 0 Å². The summed E-state index contributed by atoms with van der Waals surface area (Å²) >= 11 is 0. The molecular weight excluding hydrogens is 346 g/mol. The molecular formula is C20H25N3O4. The number of imide groups is 1. The lowest BCUT2D eigenvalue weighted by atomic mass is 9.46. The number of likely N-dealkylation sites (N-methyl/N-ethyl adjacent to an activating group) is 2. The van der Waals surface area contributed by atoms with Crippen LogP contribution in [0.2, 0.25) is 0 Å². The molecule has 2 aliphatic heterocycles. The van der Waals surface area contributed by atoms with E-state index in [-0.39, 0.29) is 23.7 Å². The van der Waals surface area contributed by atoms with Gasteiger partial charge in [0, 0.05) is 12.5 Å². The average Bonchev–Trinajstić information content (AvgIpc) is 2.83. The molecule has 1 saturated carbocycles. The van der Waals surface area contributed by atoms with Crippen molar-refractivity contribution >= 4 is 11.9 Å². The second-order valence-electron chi connectivity index (χ2n) is 8.79. The Morgan fingerprint density at radius 1 is 1.22 bits per heavy atom. The first-order valence-electron chi connectivity index (χ1n) is 9.58. The van der Waals surface area contributed by atoms with Crippen molar-refractivity contribution in [2.45, 2.75) is 49.3 Å². The van der Waals surface area contributed by atoms with Crippen molar-refractivity contribution < 1.29 is 19.8 Å². The van der Waals surface area contributed by atoms with E-state index < -0.39 is 16.6 Å². The minimum absolute atomic E-state index is 0.130. The highest BCUT2D eigenvalue weighted by atomic mass is 16.3. The molecule has 0 aromatic rings. The smallest absolute Gasteiger partial charge is 0.324 e. The van der Waals surface area contributed by atoms with Gasteiger partial charge in [0.25, 0.3) is 5.91 Å². The zero-order valence-electron chi connectivity index (χ0n) is 15.7. The standard InChI is InChI=1S/C20H25N3O4/c1-22-8-7-18-11-19(16(25)21-17(26)23(19)2)5-6-20(18,27)15(22)9-12-3-4-13(24)10-14(12)18/h4,9-10,15,24,27H,3,5-8,11H2,1-2H3,(H,21,25,26)/t15-,18-,19+,20-/m1/s1. The molecule has 4 atom stereocenters. The topological polar surface area (TPSA) is 93.1 Å². The van der Waals surface area contributed by atoms with Crippen LogP contribution < -0.4 is 5.32 Å². The Labute approximate surface area is 158 Å². The maximum absolute atomic E-state index is 12.8. The fourth-order valence-corrected chi connectivity index (χ4v) is 6.25. The third-order valence-corrected chi connectivity index (χ3v) is 7.83. The van der Waals surface area contributed by atoms with Gasteiger partial charge in [-0.05, 0) is 69.0 Å². The molecule has 0 aromatic carbocycles. The number of aliphatic hydroxyl groups excluding tert-OH is 1. The Morgan fingerprint density at radius 2 is 2.00 bits per heavy atom. The van der Waals surface area contributed by atoms with Crippen molar-refractivity contribution in [1.29, 1.82) is 0 Å². The van der Waals surface area contributed by atoms with Crippen LogP contribution in [0.5, 0.6) is 0 Å². The van der Waals surface area contributed by atoms with E-state index in [1.807, 2.05) is 7.05 Å². The monoisotopic (exact) mass is 371 g/mol. The number of carbonyl (C=O) groups excluding carboxylic acids is 2. The van der Waals surface area contributed by atoms with Gasteiger partial charge in [0.15, 0.2) is 0 Å². The fourth-order valence-electron chi connectivity index (χ4n) is 6.25. The van der Waals surface area contributed by atoms with E-state index in [0.717, 1.165) is 17.7 Å². The Kier molecular flexibility index (Phi) is 3.17. The second kappa shape index (κ2) is 5.02. The molecule has 7 nitrogen and oxygen atoms in total. The summed E-state index contributed by atoms with van der Waals surface area (Å²) in [5, 5.41) is 24.6. The summed E-state index contributed by atoms with van der Waals surface area (Å²) in [5.41, 5.74) is -0.577. The number of urea groups is 1. The van der Waals surface area contributed by atoms with Crippen LogP contribution in [0.4, 0.5) is 4.79 Å². The number of carbonyl (C=O) groups is 2. The van der Waals surface area contributed by atoms with Crippen molar-refractivity contribution in [1.82, 2.24) is 15.1 Å². The van der Waals surface area contributed by atoms with Crippen LogP contribution in [0, 0.1) is 5.41 Å². The van der Waals surface area contributed by atoms with Crippen LogP contribution in [0.3, 0.4) is 0 Å². The largest absolute Gasteiger partial charge is 0.508 e. The minimum atomic E-state index is -1.02. The Hall–Kier alpha value is -2.12. The molecule has 3 aliphatic carbocycles. The number of fused-ring (bicyclic) bond motifs is 1. The first-order chi connectivity index (χ1) is 12.7. The van der Waals surface area contributed by atoms with Crippen molar-refractivity contribution in [3.8, 4) is 0 Å². The lowest BCUT2D eigenvalue weighted by molar-refractivity contribution is -0.188. The van der Waals surface area contributed by atoms with Crippen LogP contribution in [-0.4, -0.2) is 69.8 Å². The van der Waals surface area contributed by atoms with Crippen molar-refractivity contribution in [2.24, 2.45) is 5.41 Å². The molecule has 27 heavy (non-hydrogen) atoms. The molecule has 3 N–H and O–H groups in total. The zero-order chi connectivity index (χ0) is 19.2. The maximum Gasteiger partial charge on any atom is 0.324 e. The Morgan fingerprint density at radius 3 is 2.70 bits per heavy atom. The number of hydrogen-bond donors (Lipinski definition) is 3. The van der Waals surface area contributed by atoms with E-state index >= 15 is 0 Å². The van der Waals surface area contributed by atoms with Crippen LogP contribution in [0.1, 0.15) is 32.1 Å². The van der Waals surface area contributed by atoms with Crippen LogP contribution in [0.25, 0.3) is 0 Å². The fraction of sp³-hybridized carbons (Fsp3) is 0.600. The molecule has 0 unspecified atom stereocenters. The summed E-state index contributed by atoms with van der Waals surface area (Å²) in [4.78, 5) is 28.7. The molecule has 0 radical (unpaired) electrons. The first-order valence-corrected chi connectivity index (χ1v) is 9.58. The van der Waals surface area contributed by atoms with Gasteiger partial charge in [-0.25, -0.2) is 4.79 Å². The lowest BCUT2D eigenvalue weighted by Gasteiger charge is -2.65. The summed E-state index contributed by atoms with van der Waals surface area (Å²) in [7, 11) is 3.69. The Balaban J connectivity index is 1.72. The summed E-state index contributed by atoms with van der Waals surface area (Å²) in [6.07, 6.45) is 8.22. The van der Waals surface area contributed by atoms with Gasteiger partial charge in [-0.3, -0.25) is 15.0 Å². The van der Waals surface area contributed by atoms with Crippen molar-refractivity contribution in [2.75, 3.05) is 20.6 Å². The van der Waals surface area contributed by atoms with Crippen LogP contribution >= 0.6 is 0 Å². The summed E-state index contributed by atoms with van der Waals surface area (Å²) < 4.78 is 0. The number of aliphatic hydroxyl groups is 2. The van der Waals surface area contributed by atoms with E-state index in [2.05, 4.69) is 16.3 Å². The predicted molar refractivity (Wildman–Crippen MR) is 97.8 cm³/mol. The van der Waals surface area contributed by atoms with E-state index in [1.54, 1.807) is 19.2 Å². The molecule has 3 fully saturated rings. The van der Waals surface area contributed by atoms with Gasteiger partial charge in [0.2, 0.25) is 0 Å². The first kappa shape index (κ1) is 17.0. The molecule has 5 aliphatic rings. The average molecular weight is 371 g/mol. The third-order valence-electron chi connectivity index (χ3n) is 7.83. The SMILES string of the molecule is CN1CC[C@]23C[C@@]4(CC[C@@]2(O)[C@H]1C=C1CC=C(O)C=C13)C(=O)NC(=O)N4C. The number of nitrogens with zero attached hydrogens (tertiary/aromatic N) is 2. The minimum Gasteiger partial charge on any atom is -0.508 e. The maximum atomic E-state index is 12.8. The predicted octanol–water partition coefficient (Wildman–Crippen LogP) is 1.22. The molecule has 1 spiro atoms. The third kappa shape index (κ3) is 1.84. The highest BCUT2D eigenvalue weighted by Crippen LogP contribution is 2.64. The number of piperidine rings is 1. The molecule has 7 heteroatoms. The van der Waals surface area contributed by atoms with Crippen LogP contribution in [0.15, 0.2) is 35.1 Å². The molecule has 2 bridgehead atoms. The molecule has 0 aromatic heterocycles. The van der Waals surface area contributed by atoms with Gasteiger partial charge in [-0.2, -0.15) is 0 Å². The van der Waals surface area contributed by atoms with Gasteiger partial charge < -0.3 is 15.1 Å². The summed E-state index contributed by atoms with van der Waals surface area (Å²) in [6, 6.07) is -0.506. The number of allylic oxidation sites excluding steroid dienone is 3. The molecule has 2 heterocycles. The molecule has 144 valence electrons.